The third kappa shape index (κ3) is 3.72. The van der Waals surface area contributed by atoms with Gasteiger partial charge in [-0.1, -0.05) is 60.8 Å². The molecule has 0 aromatic rings. The molecule has 29 heavy (non-hydrogen) atoms. The van der Waals surface area contributed by atoms with Crippen LogP contribution in [0.5, 0.6) is 0 Å². The normalized spacial score (nSPS) is 43.0. The van der Waals surface area contributed by atoms with E-state index >= 15 is 0 Å². The highest BCUT2D eigenvalue weighted by Gasteiger charge is 2.63. The molecule has 0 aliphatic heterocycles. The molecule has 0 spiro atoms. The summed E-state index contributed by atoms with van der Waals surface area (Å²) in [5.74, 6) is 7.03. The fourth-order valence-corrected chi connectivity index (χ4v) is 8.19. The molecule has 1 nitrogen and oxygen atoms in total. The van der Waals surface area contributed by atoms with Gasteiger partial charge in [-0.05, 0) is 78.9 Å². The molecule has 0 unspecified atom stereocenters. The fraction of sp³-hybridized carbons (Fsp3) is 0.893. The van der Waals surface area contributed by atoms with Crippen LogP contribution in [0, 0.1) is 58.2 Å². The quantitative estimate of drug-likeness (QED) is 0.402. The van der Waals surface area contributed by atoms with Gasteiger partial charge in [-0.3, -0.25) is 4.79 Å². The summed E-state index contributed by atoms with van der Waals surface area (Å²) in [7, 11) is 0. The third-order valence-electron chi connectivity index (χ3n) is 10.6. The molecule has 3 fully saturated rings. The maximum atomic E-state index is 13.0. The molecule has 0 radical (unpaired) electrons. The van der Waals surface area contributed by atoms with Gasteiger partial charge in [-0.2, -0.15) is 0 Å². The molecule has 3 aliphatic rings. The van der Waals surface area contributed by atoms with Gasteiger partial charge in [0.2, 0.25) is 0 Å². The largest absolute Gasteiger partial charge is 0.299 e. The van der Waals surface area contributed by atoms with Crippen LogP contribution in [-0.2, 0) is 4.79 Å². The van der Waals surface area contributed by atoms with Crippen LogP contribution in [0.15, 0.2) is 0 Å². The van der Waals surface area contributed by atoms with E-state index in [-0.39, 0.29) is 5.41 Å². The first kappa shape index (κ1) is 22.9. The number of hydrogen-bond donors (Lipinski definition) is 0. The number of Topliss-reactive ketones (excluding diaryl/α,β-unsaturated/α-hetero) is 1. The van der Waals surface area contributed by atoms with Crippen molar-refractivity contribution in [1.29, 1.82) is 0 Å². The van der Waals surface area contributed by atoms with Gasteiger partial charge in [0.1, 0.15) is 5.78 Å². The number of ketones is 1. The molecule has 3 aliphatic carbocycles. The van der Waals surface area contributed by atoms with Crippen molar-refractivity contribution in [3.05, 3.63) is 0 Å². The predicted octanol–water partition coefficient (Wildman–Crippen LogP) is 7.68. The summed E-state index contributed by atoms with van der Waals surface area (Å²) >= 11 is 0. The minimum atomic E-state index is -0.168. The van der Waals surface area contributed by atoms with E-state index in [1.54, 1.807) is 0 Å². The lowest BCUT2D eigenvalue weighted by molar-refractivity contribution is -0.149. The van der Waals surface area contributed by atoms with Crippen molar-refractivity contribution in [2.45, 2.75) is 112 Å². The van der Waals surface area contributed by atoms with E-state index in [1.807, 2.05) is 0 Å². The van der Waals surface area contributed by atoms with Crippen molar-refractivity contribution < 1.29 is 4.79 Å². The Kier molecular flexibility index (Phi) is 6.63. The Balaban J connectivity index is 1.79. The molecular weight excluding hydrogens is 352 g/mol. The van der Waals surface area contributed by atoms with Crippen LogP contribution in [0.2, 0.25) is 0 Å². The van der Waals surface area contributed by atoms with Gasteiger partial charge >= 0.3 is 0 Å². The Morgan fingerprint density at radius 2 is 1.72 bits per heavy atom. The number of fused-ring (bicyclic) bond motifs is 3. The van der Waals surface area contributed by atoms with Crippen molar-refractivity contribution in [2.75, 3.05) is 0 Å². The minimum absolute atomic E-state index is 0.168. The Morgan fingerprint density at radius 1 is 1.03 bits per heavy atom. The fourth-order valence-electron chi connectivity index (χ4n) is 8.19. The van der Waals surface area contributed by atoms with Crippen molar-refractivity contribution in [3.63, 3.8) is 0 Å². The molecule has 1 heteroatoms. The molecule has 0 saturated heterocycles. The van der Waals surface area contributed by atoms with Gasteiger partial charge < -0.3 is 0 Å². The first-order chi connectivity index (χ1) is 13.6. The molecule has 0 bridgehead atoms. The van der Waals surface area contributed by atoms with Crippen LogP contribution >= 0.6 is 0 Å². The summed E-state index contributed by atoms with van der Waals surface area (Å²) in [5.41, 5.74) is 0.730. The average Bonchev–Trinajstić information content (AvgIpc) is 2.95. The summed E-state index contributed by atoms with van der Waals surface area (Å²) in [6.45, 7) is 14.8. The van der Waals surface area contributed by atoms with Crippen molar-refractivity contribution >= 4 is 5.78 Å². The maximum Gasteiger partial charge on any atom is 0.139 e. The summed E-state index contributed by atoms with van der Waals surface area (Å²) in [6, 6.07) is 0. The lowest BCUT2D eigenvalue weighted by Crippen LogP contribution is -2.54. The van der Waals surface area contributed by atoms with Gasteiger partial charge in [0.05, 0.1) is 0 Å². The third-order valence-corrected chi connectivity index (χ3v) is 10.6. The van der Waals surface area contributed by atoms with E-state index in [1.165, 1.54) is 44.9 Å². The Hall–Kier alpha value is -0.770. The predicted molar refractivity (Wildman–Crippen MR) is 123 cm³/mol. The van der Waals surface area contributed by atoms with Gasteiger partial charge in [-0.15, -0.1) is 12.3 Å². The van der Waals surface area contributed by atoms with Gasteiger partial charge in [0.15, 0.2) is 0 Å². The monoisotopic (exact) mass is 398 g/mol. The van der Waals surface area contributed by atoms with Crippen LogP contribution in [0.3, 0.4) is 0 Å². The minimum Gasteiger partial charge on any atom is -0.299 e. The zero-order valence-electron chi connectivity index (χ0n) is 20.2. The SMILES string of the molecule is C#CCC[C@@]1(C)C(=O)CC[C@@H]2[C@@H]1CC[C@@]1(C)[C@H]2CC[C@]1(C)[C@H](C)CCCC(C)C. The summed E-state index contributed by atoms with van der Waals surface area (Å²) < 4.78 is 0. The number of carbonyl (C=O) groups is 1. The number of carbonyl (C=O) groups excluding carboxylic acids is 1. The second kappa shape index (κ2) is 8.40. The van der Waals surface area contributed by atoms with Gasteiger partial charge in [0, 0.05) is 18.3 Å². The van der Waals surface area contributed by atoms with Gasteiger partial charge in [-0.25, -0.2) is 0 Å². The molecule has 0 aromatic heterocycles. The lowest BCUT2D eigenvalue weighted by Gasteiger charge is -2.59. The van der Waals surface area contributed by atoms with E-state index in [2.05, 4.69) is 47.5 Å². The maximum absolute atomic E-state index is 13.0. The van der Waals surface area contributed by atoms with Crippen LogP contribution in [0.4, 0.5) is 0 Å². The van der Waals surface area contributed by atoms with E-state index < -0.39 is 0 Å². The van der Waals surface area contributed by atoms with Crippen LogP contribution in [0.1, 0.15) is 112 Å². The molecular formula is C28H46O. The second-order valence-corrected chi connectivity index (χ2v) is 12.1. The zero-order chi connectivity index (χ0) is 21.4. The van der Waals surface area contributed by atoms with E-state index in [0.717, 1.165) is 49.4 Å². The van der Waals surface area contributed by atoms with Crippen LogP contribution in [0.25, 0.3) is 0 Å². The summed E-state index contributed by atoms with van der Waals surface area (Å²) in [5, 5.41) is 0. The highest BCUT2D eigenvalue weighted by Crippen LogP contribution is 2.70. The molecule has 0 aromatic carbocycles. The Labute approximate surface area is 181 Å². The zero-order valence-corrected chi connectivity index (χ0v) is 20.2. The van der Waals surface area contributed by atoms with Crippen LogP contribution < -0.4 is 0 Å². The smallest absolute Gasteiger partial charge is 0.139 e. The molecule has 3 rings (SSSR count). The molecule has 0 heterocycles. The van der Waals surface area contributed by atoms with E-state index in [4.69, 9.17) is 6.42 Å². The van der Waals surface area contributed by atoms with E-state index in [9.17, 15) is 4.79 Å². The highest BCUT2D eigenvalue weighted by molar-refractivity contribution is 5.85. The first-order valence-corrected chi connectivity index (χ1v) is 12.6. The molecule has 3 saturated carbocycles. The second-order valence-electron chi connectivity index (χ2n) is 12.1. The van der Waals surface area contributed by atoms with Crippen molar-refractivity contribution in [3.8, 4) is 12.3 Å². The number of terminal acetylenes is 1. The molecule has 164 valence electrons. The lowest BCUT2D eigenvalue weighted by atomic mass is 9.45. The van der Waals surface area contributed by atoms with Crippen molar-refractivity contribution in [1.82, 2.24) is 0 Å². The molecule has 7 atom stereocenters. The summed E-state index contributed by atoms with van der Waals surface area (Å²) in [6.07, 6.45) is 18.6. The Morgan fingerprint density at radius 3 is 2.38 bits per heavy atom. The highest BCUT2D eigenvalue weighted by atomic mass is 16.1. The molecule has 0 N–H and O–H groups in total. The standard InChI is InChI=1S/C28H46O/c1-8-9-17-26(5)23-15-19-28(7)24(22(23)13-14-25(26)29)16-18-27(28,6)21(4)12-10-11-20(2)3/h1,20-24H,9-19H2,2-7H3/t21-,22-,23+,24+,26-,27-,28+/m1/s1. The number of hydrogen-bond acceptors (Lipinski definition) is 1. The van der Waals surface area contributed by atoms with Crippen LogP contribution in [-0.4, -0.2) is 5.78 Å². The van der Waals surface area contributed by atoms with Gasteiger partial charge in [0.25, 0.3) is 0 Å². The average molecular weight is 399 g/mol. The number of rotatable bonds is 7. The topological polar surface area (TPSA) is 17.1 Å². The molecule has 0 amide bonds. The Bertz CT molecular complexity index is 641. The first-order valence-electron chi connectivity index (χ1n) is 12.6. The van der Waals surface area contributed by atoms with Crippen molar-refractivity contribution in [2.24, 2.45) is 45.8 Å². The summed E-state index contributed by atoms with van der Waals surface area (Å²) in [4.78, 5) is 13.0. The van der Waals surface area contributed by atoms with E-state index in [0.29, 0.717) is 22.5 Å².